The zero-order valence-corrected chi connectivity index (χ0v) is 15.0. The second kappa shape index (κ2) is 7.84. The van der Waals surface area contributed by atoms with Crippen LogP contribution in [0.15, 0.2) is 0 Å². The smallest absolute Gasteiger partial charge is 0.236 e. The number of likely N-dealkylation sites (tertiary alicyclic amines) is 1. The van der Waals surface area contributed by atoms with Gasteiger partial charge in [0.1, 0.15) is 0 Å². The number of piperidine rings is 1. The van der Waals surface area contributed by atoms with Crippen LogP contribution in [0.1, 0.15) is 51.9 Å². The molecule has 132 valence electrons. The quantitative estimate of drug-likeness (QED) is 0.850. The molecule has 1 unspecified atom stereocenters. The highest BCUT2D eigenvalue weighted by Crippen LogP contribution is 2.43. The Morgan fingerprint density at radius 1 is 1.26 bits per heavy atom. The Kier molecular flexibility index (Phi) is 6.32. The molecule has 1 aliphatic carbocycles. The van der Waals surface area contributed by atoms with Gasteiger partial charge in [-0.3, -0.25) is 9.59 Å². The minimum Gasteiger partial charge on any atom is -0.340 e. The Bertz CT molecular complexity index is 438. The summed E-state index contributed by atoms with van der Waals surface area (Å²) >= 11 is 0. The first-order valence-corrected chi connectivity index (χ1v) is 8.96. The number of carbonyl (C=O) groups is 2. The fourth-order valence-electron chi connectivity index (χ4n) is 4.51. The van der Waals surface area contributed by atoms with Crippen molar-refractivity contribution in [2.45, 2.75) is 57.9 Å². The van der Waals surface area contributed by atoms with Crippen molar-refractivity contribution >= 4 is 24.2 Å². The molecule has 1 atom stereocenters. The first-order chi connectivity index (χ1) is 10.7. The van der Waals surface area contributed by atoms with Gasteiger partial charge in [0.15, 0.2) is 0 Å². The van der Waals surface area contributed by atoms with Crippen LogP contribution in [0.25, 0.3) is 0 Å². The molecule has 0 radical (unpaired) electrons. The van der Waals surface area contributed by atoms with Crippen molar-refractivity contribution in [2.75, 3.05) is 32.7 Å². The number of nitrogens with zero attached hydrogens (tertiary/aromatic N) is 2. The second-order valence-electron chi connectivity index (χ2n) is 7.15. The predicted octanol–water partition coefficient (Wildman–Crippen LogP) is 1.80. The molecule has 2 saturated heterocycles. The number of rotatable bonds is 3. The molecule has 23 heavy (non-hydrogen) atoms. The van der Waals surface area contributed by atoms with Crippen LogP contribution in [-0.2, 0) is 9.59 Å². The van der Waals surface area contributed by atoms with E-state index in [1.54, 1.807) is 0 Å². The molecule has 1 saturated carbocycles. The Balaban J connectivity index is 0.00000192. The van der Waals surface area contributed by atoms with Crippen molar-refractivity contribution in [3.63, 3.8) is 0 Å². The normalized spacial score (nSPS) is 27.7. The summed E-state index contributed by atoms with van der Waals surface area (Å²) in [6.45, 7) is 5.87. The first kappa shape index (κ1) is 18.5. The van der Waals surface area contributed by atoms with Crippen LogP contribution in [0.4, 0.5) is 0 Å². The fraction of sp³-hybridized carbons (Fsp3) is 0.882. The Morgan fingerprint density at radius 2 is 2.00 bits per heavy atom. The van der Waals surface area contributed by atoms with E-state index in [0.717, 1.165) is 58.3 Å². The number of nitrogens with one attached hydrogen (secondary N) is 1. The minimum absolute atomic E-state index is 0. The van der Waals surface area contributed by atoms with E-state index in [1.165, 1.54) is 12.8 Å². The van der Waals surface area contributed by atoms with Gasteiger partial charge in [0, 0.05) is 37.6 Å². The molecular formula is C17H30ClN3O2. The lowest BCUT2D eigenvalue weighted by atomic mass is 9.81. The fourth-order valence-corrected chi connectivity index (χ4v) is 4.51. The largest absolute Gasteiger partial charge is 0.340 e. The molecular weight excluding hydrogens is 314 g/mol. The van der Waals surface area contributed by atoms with Crippen LogP contribution < -0.4 is 5.32 Å². The summed E-state index contributed by atoms with van der Waals surface area (Å²) in [7, 11) is 0. The molecule has 0 bridgehead atoms. The van der Waals surface area contributed by atoms with Crippen LogP contribution in [-0.4, -0.2) is 60.4 Å². The van der Waals surface area contributed by atoms with Crippen molar-refractivity contribution in [3.8, 4) is 0 Å². The third-order valence-electron chi connectivity index (χ3n) is 5.94. The zero-order chi connectivity index (χ0) is 15.6. The van der Waals surface area contributed by atoms with Crippen LogP contribution in [0, 0.1) is 5.41 Å². The monoisotopic (exact) mass is 343 g/mol. The van der Waals surface area contributed by atoms with Crippen LogP contribution >= 0.6 is 12.4 Å². The molecule has 0 aromatic rings. The average molecular weight is 344 g/mol. The summed E-state index contributed by atoms with van der Waals surface area (Å²) in [5.41, 5.74) is -0.102. The summed E-state index contributed by atoms with van der Waals surface area (Å²) in [6, 6.07) is 0.225. The first-order valence-electron chi connectivity index (χ1n) is 8.96. The lowest BCUT2D eigenvalue weighted by molar-refractivity contribution is -0.147. The molecule has 2 amide bonds. The van der Waals surface area contributed by atoms with E-state index in [2.05, 4.69) is 17.1 Å². The van der Waals surface area contributed by atoms with Gasteiger partial charge in [0.2, 0.25) is 11.8 Å². The lowest BCUT2D eigenvalue weighted by Crippen LogP contribution is -2.58. The SMILES string of the molecule is CCC1(C(=O)N2CCCC(N3CCNCC3=O)C2)CCCC1.Cl. The topological polar surface area (TPSA) is 52.7 Å². The second-order valence-corrected chi connectivity index (χ2v) is 7.15. The molecule has 0 aromatic carbocycles. The number of carbonyl (C=O) groups excluding carboxylic acids is 2. The molecule has 5 nitrogen and oxygen atoms in total. The van der Waals surface area contributed by atoms with E-state index >= 15 is 0 Å². The highest BCUT2D eigenvalue weighted by atomic mass is 35.5. The van der Waals surface area contributed by atoms with E-state index < -0.39 is 0 Å². The van der Waals surface area contributed by atoms with Gasteiger partial charge in [-0.1, -0.05) is 19.8 Å². The van der Waals surface area contributed by atoms with Gasteiger partial charge in [0.05, 0.1) is 6.54 Å². The molecule has 3 rings (SSSR count). The average Bonchev–Trinajstić information content (AvgIpc) is 3.05. The van der Waals surface area contributed by atoms with Gasteiger partial charge >= 0.3 is 0 Å². The zero-order valence-electron chi connectivity index (χ0n) is 14.2. The van der Waals surface area contributed by atoms with Crippen LogP contribution in [0.3, 0.4) is 0 Å². The van der Waals surface area contributed by atoms with Crippen molar-refractivity contribution in [2.24, 2.45) is 5.41 Å². The van der Waals surface area contributed by atoms with E-state index in [1.807, 2.05) is 4.90 Å². The summed E-state index contributed by atoms with van der Waals surface area (Å²) < 4.78 is 0. The number of piperazine rings is 1. The molecule has 6 heteroatoms. The number of halogens is 1. The maximum absolute atomic E-state index is 13.1. The molecule has 2 aliphatic heterocycles. The van der Waals surface area contributed by atoms with Gasteiger partial charge in [0.25, 0.3) is 0 Å². The van der Waals surface area contributed by atoms with Crippen LogP contribution in [0.2, 0.25) is 0 Å². The maximum atomic E-state index is 13.1. The predicted molar refractivity (Wildman–Crippen MR) is 92.6 cm³/mol. The number of hydrogen-bond donors (Lipinski definition) is 1. The van der Waals surface area contributed by atoms with Crippen LogP contribution in [0.5, 0.6) is 0 Å². The number of hydrogen-bond acceptors (Lipinski definition) is 3. The Hall–Kier alpha value is -0.810. The lowest BCUT2D eigenvalue weighted by Gasteiger charge is -2.43. The molecule has 0 aromatic heterocycles. The maximum Gasteiger partial charge on any atom is 0.236 e. The summed E-state index contributed by atoms with van der Waals surface area (Å²) in [4.78, 5) is 29.2. The molecule has 3 fully saturated rings. The van der Waals surface area contributed by atoms with Crippen molar-refractivity contribution in [1.82, 2.24) is 15.1 Å². The van der Waals surface area contributed by atoms with Gasteiger partial charge < -0.3 is 15.1 Å². The summed E-state index contributed by atoms with van der Waals surface area (Å²) in [6.07, 6.45) is 7.49. The summed E-state index contributed by atoms with van der Waals surface area (Å²) in [5.74, 6) is 0.552. The highest BCUT2D eigenvalue weighted by Gasteiger charge is 2.43. The van der Waals surface area contributed by atoms with Gasteiger partial charge in [-0.2, -0.15) is 0 Å². The van der Waals surface area contributed by atoms with E-state index in [4.69, 9.17) is 0 Å². The third-order valence-corrected chi connectivity index (χ3v) is 5.94. The van der Waals surface area contributed by atoms with E-state index in [9.17, 15) is 9.59 Å². The van der Waals surface area contributed by atoms with Crippen molar-refractivity contribution in [3.05, 3.63) is 0 Å². The van der Waals surface area contributed by atoms with Crippen molar-refractivity contribution < 1.29 is 9.59 Å². The van der Waals surface area contributed by atoms with E-state index in [0.29, 0.717) is 12.5 Å². The van der Waals surface area contributed by atoms with Gasteiger partial charge in [-0.15, -0.1) is 12.4 Å². The molecule has 0 spiro atoms. The Labute approximate surface area is 145 Å². The molecule has 3 aliphatic rings. The minimum atomic E-state index is -0.102. The molecule has 1 N–H and O–H groups in total. The summed E-state index contributed by atoms with van der Waals surface area (Å²) in [5, 5.41) is 3.13. The number of amides is 2. The van der Waals surface area contributed by atoms with Gasteiger partial charge in [-0.25, -0.2) is 0 Å². The van der Waals surface area contributed by atoms with Gasteiger partial charge in [-0.05, 0) is 32.1 Å². The van der Waals surface area contributed by atoms with Crippen molar-refractivity contribution in [1.29, 1.82) is 0 Å². The molecule has 2 heterocycles. The van der Waals surface area contributed by atoms with E-state index in [-0.39, 0.29) is 29.8 Å². The highest BCUT2D eigenvalue weighted by molar-refractivity contribution is 5.85. The standard InChI is InChI=1S/C17H29N3O2.ClH/c1-2-17(7-3-4-8-17)16(22)19-10-5-6-14(13-19)20-11-9-18-12-15(20)21;/h14,18H,2-13H2,1H3;1H. The Morgan fingerprint density at radius 3 is 2.65 bits per heavy atom. The third kappa shape index (κ3) is 3.66.